The first kappa shape index (κ1) is 26.8. The Morgan fingerprint density at radius 1 is 1.16 bits per heavy atom. The number of nitrogens with one attached hydrogen (secondary N) is 3. The molecule has 3 heterocycles. The van der Waals surface area contributed by atoms with Crippen LogP contribution in [0.1, 0.15) is 13.3 Å². The van der Waals surface area contributed by atoms with Gasteiger partial charge in [-0.2, -0.15) is 0 Å². The number of nitrogens with zero attached hydrogens (tertiary/aromatic N) is 2. The van der Waals surface area contributed by atoms with Gasteiger partial charge in [0.2, 0.25) is 5.91 Å². The summed E-state index contributed by atoms with van der Waals surface area (Å²) in [6, 6.07) is 8.31. The lowest BCUT2D eigenvalue weighted by Crippen LogP contribution is -2.45. The highest BCUT2D eigenvalue weighted by Crippen LogP contribution is 2.26. The van der Waals surface area contributed by atoms with Gasteiger partial charge in [-0.3, -0.25) is 19.7 Å². The molecule has 3 N–H and O–H groups in total. The number of halogens is 2. The van der Waals surface area contributed by atoms with Crippen LogP contribution in [0.5, 0.6) is 5.75 Å². The van der Waals surface area contributed by atoms with Crippen molar-refractivity contribution < 1.29 is 28.2 Å². The van der Waals surface area contributed by atoms with Crippen molar-refractivity contribution in [2.24, 2.45) is 0 Å². The average Bonchev–Trinajstić information content (AvgIpc) is 3.33. The summed E-state index contributed by atoms with van der Waals surface area (Å²) in [4.78, 5) is 57.0. The van der Waals surface area contributed by atoms with E-state index in [0.29, 0.717) is 10.6 Å². The second-order valence-corrected chi connectivity index (χ2v) is 8.83. The predicted molar refractivity (Wildman–Crippen MR) is 137 cm³/mol. The number of anilines is 2. The van der Waals surface area contributed by atoms with E-state index in [2.05, 4.69) is 20.6 Å². The van der Waals surface area contributed by atoms with Crippen molar-refractivity contribution in [3.05, 3.63) is 69.9 Å². The molecule has 2 aromatic heterocycles. The summed E-state index contributed by atoms with van der Waals surface area (Å²) < 4.78 is 25.1. The molecule has 0 radical (unpaired) electrons. The second kappa shape index (κ2) is 11.4. The molecule has 4 rings (SSSR count). The molecular weight excluding hydrogens is 521 g/mol. The molecule has 0 saturated carbocycles. The number of rotatable bonds is 6. The monoisotopic (exact) mass is 543 g/mol. The number of likely N-dealkylation sites (tertiary alicyclic amines) is 1. The van der Waals surface area contributed by atoms with Crippen molar-refractivity contribution in [3.8, 4) is 17.0 Å². The van der Waals surface area contributed by atoms with Crippen LogP contribution in [-0.4, -0.2) is 58.6 Å². The molecule has 11 nitrogen and oxygen atoms in total. The highest BCUT2D eigenvalue weighted by molar-refractivity contribution is 6.30. The molecule has 3 aromatic rings. The fourth-order valence-corrected chi connectivity index (χ4v) is 4.05. The SMILES string of the molecule is COC1CC(C(=O)Nc2ccc(-c3ccc(OC(C)=O)c(=O)[nH]3)cc2F)N(C(=O)Nc2ccc(Cl)cn2)C1. The van der Waals surface area contributed by atoms with E-state index in [1.54, 1.807) is 6.07 Å². The number of aromatic nitrogens is 2. The number of carbonyl (C=O) groups is 3. The van der Waals surface area contributed by atoms with E-state index < -0.39 is 41.4 Å². The summed E-state index contributed by atoms with van der Waals surface area (Å²) in [5.74, 6) is -1.94. The minimum Gasteiger partial charge on any atom is -0.421 e. The summed E-state index contributed by atoms with van der Waals surface area (Å²) >= 11 is 5.82. The summed E-state index contributed by atoms with van der Waals surface area (Å²) in [5.41, 5.74) is -0.168. The van der Waals surface area contributed by atoms with Crippen molar-refractivity contribution in [2.45, 2.75) is 25.5 Å². The minimum absolute atomic E-state index is 0.113. The van der Waals surface area contributed by atoms with Gasteiger partial charge in [-0.1, -0.05) is 17.7 Å². The smallest absolute Gasteiger partial charge is 0.323 e. The van der Waals surface area contributed by atoms with Crippen LogP contribution in [0.25, 0.3) is 11.3 Å². The highest BCUT2D eigenvalue weighted by atomic mass is 35.5. The van der Waals surface area contributed by atoms with Gasteiger partial charge in [0.15, 0.2) is 5.75 Å². The zero-order valence-electron chi connectivity index (χ0n) is 20.3. The number of hydrogen-bond acceptors (Lipinski definition) is 7. The van der Waals surface area contributed by atoms with Gasteiger partial charge in [0.05, 0.1) is 16.8 Å². The number of urea groups is 1. The number of ether oxygens (including phenoxy) is 2. The fourth-order valence-electron chi connectivity index (χ4n) is 3.94. The van der Waals surface area contributed by atoms with Crippen LogP contribution in [0.15, 0.2) is 53.5 Å². The third kappa shape index (κ3) is 6.15. The molecule has 1 aliphatic heterocycles. The summed E-state index contributed by atoms with van der Waals surface area (Å²) in [5, 5.41) is 5.53. The third-order valence-corrected chi connectivity index (χ3v) is 6.01. The van der Waals surface area contributed by atoms with Gasteiger partial charge < -0.3 is 24.7 Å². The Kier molecular flexibility index (Phi) is 8.03. The van der Waals surface area contributed by atoms with E-state index in [9.17, 15) is 23.6 Å². The molecule has 1 aromatic carbocycles. The molecule has 0 bridgehead atoms. The zero-order valence-corrected chi connectivity index (χ0v) is 21.0. The average molecular weight is 544 g/mol. The van der Waals surface area contributed by atoms with E-state index in [4.69, 9.17) is 21.1 Å². The lowest BCUT2D eigenvalue weighted by Gasteiger charge is -2.24. The van der Waals surface area contributed by atoms with Crippen LogP contribution in [0.3, 0.4) is 0 Å². The number of amides is 3. The van der Waals surface area contributed by atoms with Crippen LogP contribution in [0, 0.1) is 5.82 Å². The Bertz CT molecular complexity index is 1430. The van der Waals surface area contributed by atoms with Gasteiger partial charge in [0.1, 0.15) is 17.7 Å². The molecular formula is C25H23ClFN5O6. The first-order valence-corrected chi connectivity index (χ1v) is 11.8. The largest absolute Gasteiger partial charge is 0.421 e. The Morgan fingerprint density at radius 3 is 2.58 bits per heavy atom. The molecule has 1 fully saturated rings. The van der Waals surface area contributed by atoms with Gasteiger partial charge in [-0.05, 0) is 36.4 Å². The van der Waals surface area contributed by atoms with Gasteiger partial charge in [-0.15, -0.1) is 0 Å². The second-order valence-electron chi connectivity index (χ2n) is 8.40. The first-order chi connectivity index (χ1) is 18.1. The molecule has 13 heteroatoms. The van der Waals surface area contributed by atoms with Gasteiger partial charge in [0, 0.05) is 44.5 Å². The standard InChI is InChI=1S/C25H23ClFN5O6/c1-13(33)38-21-7-6-18(29-24(21)35)14-3-5-19(17(27)9-14)30-23(34)20-10-16(37-2)12-32(20)25(36)31-22-8-4-15(26)11-28-22/h3-9,11,16,20H,10,12H2,1-2H3,(H,29,35)(H,30,34)(H,28,31,36). The number of methoxy groups -OCH3 is 1. The van der Waals surface area contributed by atoms with E-state index in [-0.39, 0.29) is 35.9 Å². The van der Waals surface area contributed by atoms with Crippen LogP contribution < -0.4 is 20.9 Å². The number of aromatic amines is 1. The van der Waals surface area contributed by atoms with Gasteiger partial charge in [0.25, 0.3) is 5.56 Å². The summed E-state index contributed by atoms with van der Waals surface area (Å²) in [7, 11) is 1.48. The molecule has 0 spiro atoms. The normalized spacial score (nSPS) is 16.7. The maximum absolute atomic E-state index is 14.9. The maximum atomic E-state index is 14.9. The Hall–Kier alpha value is -4.29. The lowest BCUT2D eigenvalue weighted by molar-refractivity contribution is -0.132. The number of carbonyl (C=O) groups excluding carboxylic acids is 3. The molecule has 38 heavy (non-hydrogen) atoms. The number of hydrogen-bond donors (Lipinski definition) is 3. The van der Waals surface area contributed by atoms with Gasteiger partial charge >= 0.3 is 12.0 Å². The Morgan fingerprint density at radius 2 is 1.95 bits per heavy atom. The molecule has 2 atom stereocenters. The predicted octanol–water partition coefficient (Wildman–Crippen LogP) is 3.41. The minimum atomic E-state index is -0.934. The van der Waals surface area contributed by atoms with Crippen molar-refractivity contribution >= 4 is 41.0 Å². The molecule has 2 unspecified atom stereocenters. The van der Waals surface area contributed by atoms with Crippen molar-refractivity contribution in [2.75, 3.05) is 24.3 Å². The topological polar surface area (TPSA) is 143 Å². The van der Waals surface area contributed by atoms with E-state index in [1.807, 2.05) is 0 Å². The molecule has 0 aliphatic carbocycles. The Balaban J connectivity index is 1.48. The van der Waals surface area contributed by atoms with Crippen LogP contribution in [-0.2, 0) is 14.3 Å². The van der Waals surface area contributed by atoms with Crippen LogP contribution >= 0.6 is 11.6 Å². The maximum Gasteiger partial charge on any atom is 0.323 e. The molecule has 198 valence electrons. The van der Waals surface area contributed by atoms with Crippen molar-refractivity contribution in [3.63, 3.8) is 0 Å². The van der Waals surface area contributed by atoms with Crippen molar-refractivity contribution in [1.82, 2.24) is 14.9 Å². The molecule has 1 saturated heterocycles. The van der Waals surface area contributed by atoms with Crippen LogP contribution in [0.4, 0.5) is 20.7 Å². The third-order valence-electron chi connectivity index (χ3n) is 5.79. The van der Waals surface area contributed by atoms with E-state index >= 15 is 0 Å². The quantitative estimate of drug-likeness (QED) is 0.404. The first-order valence-electron chi connectivity index (χ1n) is 11.4. The number of pyridine rings is 2. The van der Waals surface area contributed by atoms with Gasteiger partial charge in [-0.25, -0.2) is 14.2 Å². The summed E-state index contributed by atoms with van der Waals surface area (Å²) in [6.07, 6.45) is 1.19. The lowest BCUT2D eigenvalue weighted by atomic mass is 10.1. The molecule has 3 amide bonds. The summed E-state index contributed by atoms with van der Waals surface area (Å²) in [6.45, 7) is 1.31. The molecule has 1 aliphatic rings. The number of benzene rings is 1. The van der Waals surface area contributed by atoms with E-state index in [1.165, 1.54) is 55.5 Å². The highest BCUT2D eigenvalue weighted by Gasteiger charge is 2.40. The van der Waals surface area contributed by atoms with Crippen molar-refractivity contribution in [1.29, 1.82) is 0 Å². The fraction of sp³-hybridized carbons (Fsp3) is 0.240. The Labute approximate surface area is 220 Å². The van der Waals surface area contributed by atoms with E-state index in [0.717, 1.165) is 6.07 Å². The van der Waals surface area contributed by atoms with Crippen LogP contribution in [0.2, 0.25) is 5.02 Å². The zero-order chi connectivity index (χ0) is 27.4. The number of esters is 1. The number of H-pyrrole nitrogens is 1.